The number of fused-ring (bicyclic) bond motifs is 3. The smallest absolute Gasteiger partial charge is 0.361 e. The molecule has 0 N–H and O–H groups in total. The van der Waals surface area contributed by atoms with Crippen LogP contribution in [0.3, 0.4) is 0 Å². The fraction of sp³-hybridized carbons (Fsp3) is 0.259. The second-order valence-electron chi connectivity index (χ2n) is 9.19. The SMILES string of the molecule is Cc1noc(C)c1-c1cnc2c3ccc(S(C)(=O)=O)cc3n(C(CCC(F)(F)F)c3ccccc3)c2c1. The van der Waals surface area contributed by atoms with Gasteiger partial charge in [0.05, 0.1) is 33.2 Å². The van der Waals surface area contributed by atoms with Crippen molar-refractivity contribution in [1.82, 2.24) is 14.7 Å². The number of aromatic nitrogens is 3. The van der Waals surface area contributed by atoms with Crippen LogP contribution >= 0.6 is 0 Å². The molecule has 0 amide bonds. The zero-order valence-corrected chi connectivity index (χ0v) is 21.2. The molecule has 10 heteroatoms. The van der Waals surface area contributed by atoms with Crippen LogP contribution in [-0.2, 0) is 9.84 Å². The number of hydrogen-bond donors (Lipinski definition) is 0. The largest absolute Gasteiger partial charge is 0.389 e. The van der Waals surface area contributed by atoms with Crippen molar-refractivity contribution in [2.45, 2.75) is 43.8 Å². The Morgan fingerprint density at radius 3 is 2.38 bits per heavy atom. The summed E-state index contributed by atoms with van der Waals surface area (Å²) in [6.07, 6.45) is -2.81. The molecule has 0 saturated heterocycles. The Morgan fingerprint density at radius 2 is 1.76 bits per heavy atom. The van der Waals surface area contributed by atoms with E-state index in [0.29, 0.717) is 44.5 Å². The van der Waals surface area contributed by atoms with E-state index in [1.165, 1.54) is 12.1 Å². The fourth-order valence-corrected chi connectivity index (χ4v) is 5.54. The van der Waals surface area contributed by atoms with Gasteiger partial charge < -0.3 is 9.09 Å². The zero-order valence-electron chi connectivity index (χ0n) is 20.4. The van der Waals surface area contributed by atoms with E-state index in [0.717, 1.165) is 11.8 Å². The first-order valence-electron chi connectivity index (χ1n) is 11.6. The summed E-state index contributed by atoms with van der Waals surface area (Å²) in [5.74, 6) is 0.595. The van der Waals surface area contributed by atoms with Gasteiger partial charge in [-0.05, 0) is 50.1 Å². The molecule has 0 fully saturated rings. The Kier molecular flexibility index (Phi) is 6.10. The van der Waals surface area contributed by atoms with E-state index in [2.05, 4.69) is 10.1 Å². The second kappa shape index (κ2) is 9.02. The minimum Gasteiger partial charge on any atom is -0.361 e. The van der Waals surface area contributed by atoms with Gasteiger partial charge in [0, 0.05) is 35.4 Å². The maximum atomic E-state index is 13.4. The van der Waals surface area contributed by atoms with Crippen LogP contribution in [0.4, 0.5) is 13.2 Å². The molecular weight excluding hydrogens is 503 g/mol. The molecule has 3 aromatic heterocycles. The van der Waals surface area contributed by atoms with Crippen LogP contribution in [0, 0.1) is 13.8 Å². The molecule has 0 spiro atoms. The van der Waals surface area contributed by atoms with Crippen molar-refractivity contribution in [3.8, 4) is 11.1 Å². The van der Waals surface area contributed by atoms with E-state index >= 15 is 0 Å². The van der Waals surface area contributed by atoms with Gasteiger partial charge >= 0.3 is 6.18 Å². The summed E-state index contributed by atoms with van der Waals surface area (Å²) < 4.78 is 72.2. The molecule has 37 heavy (non-hydrogen) atoms. The van der Waals surface area contributed by atoms with Crippen LogP contribution in [0.5, 0.6) is 0 Å². The lowest BCUT2D eigenvalue weighted by Gasteiger charge is -2.23. The molecule has 0 aliphatic rings. The van der Waals surface area contributed by atoms with Gasteiger partial charge in [0.1, 0.15) is 5.76 Å². The van der Waals surface area contributed by atoms with Gasteiger partial charge in [0.25, 0.3) is 0 Å². The number of sulfone groups is 1. The monoisotopic (exact) mass is 527 g/mol. The van der Waals surface area contributed by atoms with Crippen LogP contribution in [-0.4, -0.2) is 35.6 Å². The van der Waals surface area contributed by atoms with Crippen LogP contribution in [0.15, 0.2) is 70.2 Å². The normalized spacial score (nSPS) is 13.5. The highest BCUT2D eigenvalue weighted by Gasteiger charge is 2.31. The minimum absolute atomic E-state index is 0.0811. The van der Waals surface area contributed by atoms with Gasteiger partial charge in [-0.15, -0.1) is 0 Å². The Hall–Kier alpha value is -3.66. The number of aryl methyl sites for hydroxylation is 2. The Bertz CT molecular complexity index is 1700. The maximum Gasteiger partial charge on any atom is 0.389 e. The summed E-state index contributed by atoms with van der Waals surface area (Å²) in [7, 11) is -3.56. The van der Waals surface area contributed by atoms with Crippen LogP contribution < -0.4 is 0 Å². The zero-order chi connectivity index (χ0) is 26.5. The molecule has 1 atom stereocenters. The van der Waals surface area contributed by atoms with Crippen molar-refractivity contribution >= 4 is 31.8 Å². The third-order valence-electron chi connectivity index (χ3n) is 6.56. The lowest BCUT2D eigenvalue weighted by Crippen LogP contribution is -2.16. The number of nitrogens with zero attached hydrogens (tertiary/aromatic N) is 3. The van der Waals surface area contributed by atoms with E-state index in [9.17, 15) is 21.6 Å². The topological polar surface area (TPSA) is 78.0 Å². The number of halogens is 3. The van der Waals surface area contributed by atoms with E-state index in [1.807, 2.05) is 6.07 Å². The number of hydrogen-bond acceptors (Lipinski definition) is 5. The molecule has 192 valence electrons. The highest BCUT2D eigenvalue weighted by atomic mass is 32.2. The Balaban J connectivity index is 1.86. The molecule has 5 rings (SSSR count). The van der Waals surface area contributed by atoms with Gasteiger partial charge in [-0.25, -0.2) is 8.42 Å². The molecule has 3 heterocycles. The van der Waals surface area contributed by atoms with Crippen molar-refractivity contribution < 1.29 is 26.1 Å². The van der Waals surface area contributed by atoms with Crippen molar-refractivity contribution in [1.29, 1.82) is 0 Å². The van der Waals surface area contributed by atoms with Crippen LogP contribution in [0.2, 0.25) is 0 Å². The first-order chi connectivity index (χ1) is 17.4. The lowest BCUT2D eigenvalue weighted by atomic mass is 10.0. The third-order valence-corrected chi connectivity index (χ3v) is 7.67. The number of benzene rings is 2. The van der Waals surface area contributed by atoms with Gasteiger partial charge in [-0.2, -0.15) is 13.2 Å². The predicted molar refractivity (Wildman–Crippen MR) is 135 cm³/mol. The van der Waals surface area contributed by atoms with Crippen molar-refractivity contribution in [2.75, 3.05) is 6.26 Å². The summed E-state index contributed by atoms with van der Waals surface area (Å²) in [5.41, 5.74) is 4.47. The Labute approximate surface area is 211 Å². The molecule has 0 radical (unpaired) electrons. The quantitative estimate of drug-likeness (QED) is 0.243. The standard InChI is InChI=1S/C27H24F3N3O3S/c1-16-25(17(2)36-32-16)19-13-24-26(31-15-19)21-10-9-20(37(3,34)35)14-23(21)33(24)22(11-12-27(28,29)30)18-7-5-4-6-8-18/h4-10,13-15,22H,11-12H2,1-3H3. The first kappa shape index (κ1) is 25.0. The molecule has 2 aromatic carbocycles. The van der Waals surface area contributed by atoms with Gasteiger partial charge in [0.2, 0.25) is 0 Å². The lowest BCUT2D eigenvalue weighted by molar-refractivity contribution is -0.136. The summed E-state index contributed by atoms with van der Waals surface area (Å²) in [6, 6.07) is 14.7. The fourth-order valence-electron chi connectivity index (χ4n) is 4.90. The highest BCUT2D eigenvalue weighted by molar-refractivity contribution is 7.90. The van der Waals surface area contributed by atoms with Crippen molar-refractivity contribution in [2.24, 2.45) is 0 Å². The Morgan fingerprint density at radius 1 is 1.03 bits per heavy atom. The molecular formula is C27H24F3N3O3S. The third kappa shape index (κ3) is 4.73. The minimum atomic E-state index is -4.36. The maximum absolute atomic E-state index is 13.4. The van der Waals surface area contributed by atoms with E-state index in [1.54, 1.807) is 61.0 Å². The molecule has 0 bridgehead atoms. The van der Waals surface area contributed by atoms with Gasteiger partial charge in [-0.1, -0.05) is 35.5 Å². The van der Waals surface area contributed by atoms with Crippen molar-refractivity contribution in [3.05, 3.63) is 77.8 Å². The average Bonchev–Trinajstić information content (AvgIpc) is 3.34. The average molecular weight is 528 g/mol. The number of pyridine rings is 1. The van der Waals surface area contributed by atoms with E-state index in [4.69, 9.17) is 4.52 Å². The molecule has 0 aliphatic carbocycles. The first-order valence-corrected chi connectivity index (χ1v) is 13.5. The molecule has 6 nitrogen and oxygen atoms in total. The van der Waals surface area contributed by atoms with E-state index < -0.39 is 28.5 Å². The number of alkyl halides is 3. The summed E-state index contributed by atoms with van der Waals surface area (Å²) in [5, 5.41) is 4.67. The molecule has 1 unspecified atom stereocenters. The van der Waals surface area contributed by atoms with Crippen molar-refractivity contribution in [3.63, 3.8) is 0 Å². The van der Waals surface area contributed by atoms with Crippen LogP contribution in [0.25, 0.3) is 33.1 Å². The summed E-state index contributed by atoms with van der Waals surface area (Å²) >= 11 is 0. The van der Waals surface area contributed by atoms with Gasteiger partial charge in [0.15, 0.2) is 9.84 Å². The second-order valence-corrected chi connectivity index (χ2v) is 11.2. The number of rotatable bonds is 6. The molecule has 0 saturated carbocycles. The predicted octanol–water partition coefficient (Wildman–Crippen LogP) is 6.80. The molecule has 0 aliphatic heterocycles. The van der Waals surface area contributed by atoms with E-state index in [-0.39, 0.29) is 11.3 Å². The van der Waals surface area contributed by atoms with Gasteiger partial charge in [-0.3, -0.25) is 4.98 Å². The van der Waals surface area contributed by atoms with Crippen LogP contribution in [0.1, 0.15) is 35.9 Å². The molecule has 5 aromatic rings. The summed E-state index contributed by atoms with van der Waals surface area (Å²) in [6.45, 7) is 3.59. The summed E-state index contributed by atoms with van der Waals surface area (Å²) in [4.78, 5) is 4.76. The highest BCUT2D eigenvalue weighted by Crippen LogP contribution is 2.40.